The molecule has 0 amide bonds. The van der Waals surface area contributed by atoms with Gasteiger partial charge in [0.05, 0.1) is 17.7 Å². The second-order valence-corrected chi connectivity index (χ2v) is 5.51. The maximum Gasteiger partial charge on any atom is 0.167 e. The van der Waals surface area contributed by atoms with E-state index in [0.29, 0.717) is 26.9 Å². The molecular weight excluding hydrogens is 323 g/mol. The fraction of sp³-hybridized carbons (Fsp3) is 0.176. The average Bonchev–Trinajstić information content (AvgIpc) is 2.54. The molecule has 3 nitrogen and oxygen atoms in total. The summed E-state index contributed by atoms with van der Waals surface area (Å²) in [5.74, 6) is 0.139. The van der Waals surface area contributed by atoms with Gasteiger partial charge in [0.15, 0.2) is 11.6 Å². The first-order valence-electron chi connectivity index (χ1n) is 6.67. The van der Waals surface area contributed by atoms with Crippen LogP contribution in [-0.4, -0.2) is 18.7 Å². The number of Topliss-reactive ketones (excluding diaryl/α,β-unsaturated/α-hetero) is 2. The summed E-state index contributed by atoms with van der Waals surface area (Å²) in [5.41, 5.74) is 0.803. The van der Waals surface area contributed by atoms with E-state index in [-0.39, 0.29) is 24.4 Å². The number of rotatable bonds is 6. The molecule has 0 spiro atoms. The van der Waals surface area contributed by atoms with Gasteiger partial charge >= 0.3 is 0 Å². The van der Waals surface area contributed by atoms with Crippen molar-refractivity contribution in [2.45, 2.75) is 12.8 Å². The fourth-order valence-corrected chi connectivity index (χ4v) is 2.48. The van der Waals surface area contributed by atoms with Crippen LogP contribution in [0.1, 0.15) is 33.6 Å². The zero-order valence-electron chi connectivity index (χ0n) is 11.9. The molecule has 2 rings (SSSR count). The van der Waals surface area contributed by atoms with Crippen molar-refractivity contribution in [2.24, 2.45) is 0 Å². The Morgan fingerprint density at radius 2 is 1.59 bits per heavy atom. The molecule has 2 aromatic rings. The Hall–Kier alpha value is -1.84. The summed E-state index contributed by atoms with van der Waals surface area (Å²) in [6.07, 6.45) is 0.152. The number of hydrogen-bond donors (Lipinski definition) is 0. The Kier molecular flexibility index (Phi) is 5.58. The van der Waals surface area contributed by atoms with Gasteiger partial charge in [-0.25, -0.2) is 0 Å². The molecule has 0 unspecified atom stereocenters. The van der Waals surface area contributed by atoms with Crippen molar-refractivity contribution in [3.05, 3.63) is 63.6 Å². The van der Waals surface area contributed by atoms with Crippen molar-refractivity contribution >= 4 is 34.8 Å². The molecule has 22 heavy (non-hydrogen) atoms. The molecule has 2 aromatic carbocycles. The van der Waals surface area contributed by atoms with E-state index < -0.39 is 0 Å². The highest BCUT2D eigenvalue weighted by Gasteiger charge is 2.16. The second kappa shape index (κ2) is 7.43. The summed E-state index contributed by atoms with van der Waals surface area (Å²) in [6, 6.07) is 11.6. The topological polar surface area (TPSA) is 43.4 Å². The molecule has 0 aromatic heterocycles. The molecule has 0 aliphatic carbocycles. The minimum atomic E-state index is -0.212. The molecular formula is C17H14Cl2O3. The van der Waals surface area contributed by atoms with E-state index in [1.54, 1.807) is 36.4 Å². The zero-order chi connectivity index (χ0) is 16.1. The van der Waals surface area contributed by atoms with E-state index in [1.807, 2.05) is 0 Å². The van der Waals surface area contributed by atoms with Gasteiger partial charge in [-0.05, 0) is 30.3 Å². The van der Waals surface area contributed by atoms with E-state index in [9.17, 15) is 9.59 Å². The van der Waals surface area contributed by atoms with E-state index in [4.69, 9.17) is 27.9 Å². The SMILES string of the molecule is COc1ccccc1C(=O)CCC(=O)c1cc(Cl)ccc1Cl. The van der Waals surface area contributed by atoms with Gasteiger partial charge in [-0.15, -0.1) is 0 Å². The van der Waals surface area contributed by atoms with Gasteiger partial charge in [0.2, 0.25) is 0 Å². The summed E-state index contributed by atoms with van der Waals surface area (Å²) < 4.78 is 5.15. The minimum Gasteiger partial charge on any atom is -0.496 e. The van der Waals surface area contributed by atoms with Crippen LogP contribution in [0.25, 0.3) is 0 Å². The van der Waals surface area contributed by atoms with Crippen LogP contribution in [0.15, 0.2) is 42.5 Å². The van der Waals surface area contributed by atoms with Crippen LogP contribution in [0, 0.1) is 0 Å². The summed E-state index contributed by atoms with van der Waals surface area (Å²) >= 11 is 11.9. The van der Waals surface area contributed by atoms with Gasteiger partial charge in [-0.3, -0.25) is 9.59 Å². The Balaban J connectivity index is 2.08. The molecule has 114 valence electrons. The lowest BCUT2D eigenvalue weighted by Gasteiger charge is -2.07. The standard InChI is InChI=1S/C17H14Cl2O3/c1-22-17-5-3-2-4-12(17)15(20)8-9-16(21)13-10-11(18)6-7-14(13)19/h2-7,10H,8-9H2,1H3. The van der Waals surface area contributed by atoms with Crippen molar-refractivity contribution in [3.8, 4) is 5.75 Å². The van der Waals surface area contributed by atoms with Gasteiger partial charge in [0, 0.05) is 23.4 Å². The molecule has 0 N–H and O–H groups in total. The van der Waals surface area contributed by atoms with Crippen LogP contribution in [0.5, 0.6) is 5.75 Å². The summed E-state index contributed by atoms with van der Waals surface area (Å²) in [6.45, 7) is 0. The Bertz CT molecular complexity index is 711. The highest BCUT2D eigenvalue weighted by Crippen LogP contribution is 2.24. The number of ketones is 2. The number of para-hydroxylation sites is 1. The highest BCUT2D eigenvalue weighted by molar-refractivity contribution is 6.35. The smallest absolute Gasteiger partial charge is 0.167 e. The first kappa shape index (κ1) is 16.5. The van der Waals surface area contributed by atoms with Crippen molar-refractivity contribution in [1.29, 1.82) is 0 Å². The molecule has 0 bridgehead atoms. The number of benzene rings is 2. The van der Waals surface area contributed by atoms with Crippen LogP contribution in [0.4, 0.5) is 0 Å². The van der Waals surface area contributed by atoms with Gasteiger partial charge in [0.25, 0.3) is 0 Å². The third kappa shape index (κ3) is 3.87. The van der Waals surface area contributed by atoms with Crippen molar-refractivity contribution in [2.75, 3.05) is 7.11 Å². The number of carbonyl (C=O) groups excluding carboxylic acids is 2. The van der Waals surface area contributed by atoms with Crippen LogP contribution >= 0.6 is 23.2 Å². The van der Waals surface area contributed by atoms with E-state index in [1.165, 1.54) is 13.2 Å². The normalized spacial score (nSPS) is 10.3. The summed E-state index contributed by atoms with van der Waals surface area (Å²) in [7, 11) is 1.50. The molecule has 0 fully saturated rings. The first-order chi connectivity index (χ1) is 10.5. The quantitative estimate of drug-likeness (QED) is 0.708. The Morgan fingerprint density at radius 1 is 0.955 bits per heavy atom. The average molecular weight is 337 g/mol. The van der Waals surface area contributed by atoms with Crippen molar-refractivity contribution in [3.63, 3.8) is 0 Å². The van der Waals surface area contributed by atoms with Crippen LogP contribution < -0.4 is 4.74 Å². The maximum atomic E-state index is 12.2. The largest absolute Gasteiger partial charge is 0.496 e. The van der Waals surface area contributed by atoms with E-state index in [0.717, 1.165) is 0 Å². The first-order valence-corrected chi connectivity index (χ1v) is 7.43. The third-order valence-corrected chi connectivity index (χ3v) is 3.78. The minimum absolute atomic E-state index is 0.0664. The van der Waals surface area contributed by atoms with Crippen LogP contribution in [0.2, 0.25) is 10.0 Å². The second-order valence-electron chi connectivity index (χ2n) is 4.67. The lowest BCUT2D eigenvalue weighted by molar-refractivity contribution is 0.0916. The van der Waals surface area contributed by atoms with Gasteiger partial charge < -0.3 is 4.74 Å². The third-order valence-electron chi connectivity index (χ3n) is 3.22. The Labute approximate surface area is 138 Å². The molecule has 0 saturated heterocycles. The molecule has 0 aliphatic rings. The van der Waals surface area contributed by atoms with Gasteiger partial charge in [-0.2, -0.15) is 0 Å². The van der Waals surface area contributed by atoms with Gasteiger partial charge in [-0.1, -0.05) is 35.3 Å². The molecule has 0 aliphatic heterocycles. The van der Waals surface area contributed by atoms with E-state index >= 15 is 0 Å². The summed E-state index contributed by atoms with van der Waals surface area (Å²) in [5, 5.41) is 0.767. The number of methoxy groups -OCH3 is 1. The monoisotopic (exact) mass is 336 g/mol. The predicted molar refractivity (Wildman–Crippen MR) is 87.4 cm³/mol. The fourth-order valence-electron chi connectivity index (χ4n) is 2.08. The maximum absolute atomic E-state index is 12.2. The number of halogens is 2. The molecule has 5 heteroatoms. The summed E-state index contributed by atoms with van der Waals surface area (Å²) in [4.78, 5) is 24.4. The van der Waals surface area contributed by atoms with Crippen molar-refractivity contribution in [1.82, 2.24) is 0 Å². The van der Waals surface area contributed by atoms with Crippen LogP contribution in [0.3, 0.4) is 0 Å². The molecule has 0 atom stereocenters. The highest BCUT2D eigenvalue weighted by atomic mass is 35.5. The zero-order valence-corrected chi connectivity index (χ0v) is 13.4. The number of carbonyl (C=O) groups is 2. The molecule has 0 saturated carbocycles. The van der Waals surface area contributed by atoms with Crippen molar-refractivity contribution < 1.29 is 14.3 Å². The Morgan fingerprint density at radius 3 is 2.27 bits per heavy atom. The van der Waals surface area contributed by atoms with E-state index in [2.05, 4.69) is 0 Å². The molecule has 0 radical (unpaired) electrons. The predicted octanol–water partition coefficient (Wildman–Crippen LogP) is 4.85. The van der Waals surface area contributed by atoms with Crippen LogP contribution in [-0.2, 0) is 0 Å². The van der Waals surface area contributed by atoms with Gasteiger partial charge in [0.1, 0.15) is 5.75 Å². The number of ether oxygens (including phenoxy) is 1. The number of hydrogen-bond acceptors (Lipinski definition) is 3. The lowest BCUT2D eigenvalue weighted by atomic mass is 10.0. The molecule has 0 heterocycles. The lowest BCUT2D eigenvalue weighted by Crippen LogP contribution is -2.07.